The molecule has 2 amide bonds. The predicted octanol–water partition coefficient (Wildman–Crippen LogP) is 3.19. The van der Waals surface area contributed by atoms with E-state index < -0.39 is 0 Å². The van der Waals surface area contributed by atoms with E-state index in [2.05, 4.69) is 10.6 Å². The van der Waals surface area contributed by atoms with Crippen LogP contribution in [0.5, 0.6) is 5.75 Å². The Hall–Kier alpha value is -2.53. The highest BCUT2D eigenvalue weighted by atomic mass is 16.5. The van der Waals surface area contributed by atoms with Gasteiger partial charge >= 0.3 is 6.03 Å². The van der Waals surface area contributed by atoms with Crippen LogP contribution in [-0.2, 0) is 12.8 Å². The Morgan fingerprint density at radius 2 is 2.04 bits per heavy atom. The van der Waals surface area contributed by atoms with Crippen molar-refractivity contribution < 1.29 is 14.6 Å². The van der Waals surface area contributed by atoms with Crippen molar-refractivity contribution in [2.75, 3.05) is 17.7 Å². The zero-order valence-corrected chi connectivity index (χ0v) is 13.0. The van der Waals surface area contributed by atoms with Crippen LogP contribution < -0.4 is 15.4 Å². The number of aliphatic hydroxyl groups excluding tert-OH is 1. The number of fused-ring (bicyclic) bond motifs is 1. The fraction of sp³-hybridized carbons (Fsp3) is 0.278. The number of aryl methyl sites for hydroxylation is 1. The Morgan fingerprint density at radius 3 is 2.87 bits per heavy atom. The molecule has 23 heavy (non-hydrogen) atoms. The van der Waals surface area contributed by atoms with Crippen LogP contribution >= 0.6 is 0 Å². The molecule has 0 spiro atoms. The van der Waals surface area contributed by atoms with Crippen molar-refractivity contribution >= 4 is 17.4 Å². The number of aliphatic hydroxyl groups is 1. The van der Waals surface area contributed by atoms with Crippen molar-refractivity contribution in [1.29, 1.82) is 0 Å². The molecular weight excluding hydrogens is 292 g/mol. The van der Waals surface area contributed by atoms with Crippen LogP contribution in [-0.4, -0.2) is 24.4 Å². The molecule has 0 radical (unpaired) electrons. The van der Waals surface area contributed by atoms with Crippen molar-refractivity contribution in [2.45, 2.75) is 25.4 Å². The summed E-state index contributed by atoms with van der Waals surface area (Å²) >= 11 is 0. The van der Waals surface area contributed by atoms with Crippen molar-refractivity contribution in [3.63, 3.8) is 0 Å². The minimum absolute atomic E-state index is 0.313. The predicted molar refractivity (Wildman–Crippen MR) is 90.1 cm³/mol. The summed E-state index contributed by atoms with van der Waals surface area (Å²) in [5.41, 5.74) is 3.62. The van der Waals surface area contributed by atoms with Gasteiger partial charge in [-0.2, -0.15) is 0 Å². The van der Waals surface area contributed by atoms with E-state index in [-0.39, 0.29) is 12.1 Å². The van der Waals surface area contributed by atoms with Gasteiger partial charge in [-0.05, 0) is 42.2 Å². The van der Waals surface area contributed by atoms with Crippen LogP contribution in [0.1, 0.15) is 17.5 Å². The standard InChI is InChI=1S/C18H20N2O3/c1-23-15-6-3-5-13(10-15)19-18(22)20-17-7-2-4-12-8-9-14(21)11-16(12)17/h2-7,10,14,21H,8-9,11H2,1H3,(H2,19,20,22)/t14-/m0/s1. The lowest BCUT2D eigenvalue weighted by atomic mass is 9.88. The number of nitrogens with one attached hydrogen (secondary N) is 2. The molecule has 2 aromatic carbocycles. The average molecular weight is 312 g/mol. The van der Waals surface area contributed by atoms with Crippen LogP contribution in [0.4, 0.5) is 16.2 Å². The molecule has 120 valence electrons. The minimum Gasteiger partial charge on any atom is -0.497 e. The minimum atomic E-state index is -0.341. The molecule has 0 aromatic heterocycles. The summed E-state index contributed by atoms with van der Waals surface area (Å²) in [5, 5.41) is 15.5. The normalized spacial score (nSPS) is 16.3. The summed E-state index contributed by atoms with van der Waals surface area (Å²) in [6.07, 6.45) is 1.84. The van der Waals surface area contributed by atoms with Gasteiger partial charge in [-0.25, -0.2) is 4.79 Å². The zero-order chi connectivity index (χ0) is 16.2. The van der Waals surface area contributed by atoms with Gasteiger partial charge in [0.25, 0.3) is 0 Å². The van der Waals surface area contributed by atoms with Gasteiger partial charge in [0.1, 0.15) is 5.75 Å². The van der Waals surface area contributed by atoms with Crippen LogP contribution in [0.25, 0.3) is 0 Å². The van der Waals surface area contributed by atoms with Gasteiger partial charge in [-0.15, -0.1) is 0 Å². The number of hydrogen-bond acceptors (Lipinski definition) is 3. The molecule has 5 nitrogen and oxygen atoms in total. The first-order valence-corrected chi connectivity index (χ1v) is 7.66. The number of anilines is 2. The first kappa shape index (κ1) is 15.4. The molecule has 0 saturated carbocycles. The number of carbonyl (C=O) groups is 1. The Bertz CT molecular complexity index is 715. The lowest BCUT2D eigenvalue weighted by Gasteiger charge is -2.23. The molecule has 5 heteroatoms. The molecule has 3 N–H and O–H groups in total. The van der Waals surface area contributed by atoms with E-state index in [9.17, 15) is 9.90 Å². The third-order valence-corrected chi connectivity index (χ3v) is 4.04. The highest BCUT2D eigenvalue weighted by Crippen LogP contribution is 2.28. The monoisotopic (exact) mass is 312 g/mol. The number of carbonyl (C=O) groups excluding carboxylic acids is 1. The molecule has 1 aliphatic rings. The number of methoxy groups -OCH3 is 1. The maximum absolute atomic E-state index is 12.2. The summed E-state index contributed by atoms with van der Waals surface area (Å²) in [7, 11) is 1.58. The highest BCUT2D eigenvalue weighted by molar-refractivity contribution is 6.00. The molecular formula is C18H20N2O3. The van der Waals surface area contributed by atoms with Gasteiger partial charge in [-0.1, -0.05) is 18.2 Å². The van der Waals surface area contributed by atoms with Gasteiger partial charge in [0, 0.05) is 23.9 Å². The molecule has 3 rings (SSSR count). The number of urea groups is 1. The highest BCUT2D eigenvalue weighted by Gasteiger charge is 2.19. The van der Waals surface area contributed by atoms with Crippen LogP contribution in [0.3, 0.4) is 0 Å². The Kier molecular flexibility index (Phi) is 4.48. The molecule has 0 aliphatic heterocycles. The van der Waals surface area contributed by atoms with E-state index in [4.69, 9.17) is 4.74 Å². The van der Waals surface area contributed by atoms with Gasteiger partial charge in [-0.3, -0.25) is 0 Å². The van der Waals surface area contributed by atoms with Crippen LogP contribution in [0.2, 0.25) is 0 Å². The zero-order valence-electron chi connectivity index (χ0n) is 13.0. The van der Waals surface area contributed by atoms with Gasteiger partial charge < -0.3 is 20.5 Å². The molecule has 2 aromatic rings. The van der Waals surface area contributed by atoms with Gasteiger partial charge in [0.15, 0.2) is 0 Å². The van der Waals surface area contributed by atoms with E-state index in [1.165, 1.54) is 5.56 Å². The molecule has 0 bridgehead atoms. The van der Waals surface area contributed by atoms with Gasteiger partial charge in [0.2, 0.25) is 0 Å². The summed E-state index contributed by atoms with van der Waals surface area (Å²) in [4.78, 5) is 12.2. The topological polar surface area (TPSA) is 70.6 Å². The second kappa shape index (κ2) is 6.71. The number of ether oxygens (including phenoxy) is 1. The van der Waals surface area contributed by atoms with Gasteiger partial charge in [0.05, 0.1) is 13.2 Å². The largest absolute Gasteiger partial charge is 0.497 e. The summed E-state index contributed by atoms with van der Waals surface area (Å²) in [5.74, 6) is 0.683. The van der Waals surface area contributed by atoms with Crippen molar-refractivity contribution in [3.05, 3.63) is 53.6 Å². The van der Waals surface area contributed by atoms with E-state index in [1.807, 2.05) is 30.3 Å². The molecule has 0 saturated heterocycles. The first-order valence-electron chi connectivity index (χ1n) is 7.66. The second-order valence-electron chi connectivity index (χ2n) is 5.65. The van der Waals surface area contributed by atoms with Crippen LogP contribution in [0.15, 0.2) is 42.5 Å². The Labute approximate surface area is 135 Å². The SMILES string of the molecule is COc1cccc(NC(=O)Nc2cccc3c2C[C@@H](O)CC3)c1. The lowest BCUT2D eigenvalue weighted by molar-refractivity contribution is 0.159. The van der Waals surface area contributed by atoms with Crippen molar-refractivity contribution in [3.8, 4) is 5.75 Å². The smallest absolute Gasteiger partial charge is 0.323 e. The van der Waals surface area contributed by atoms with Crippen LogP contribution in [0, 0.1) is 0 Å². The number of rotatable bonds is 3. The maximum atomic E-state index is 12.2. The number of hydrogen-bond donors (Lipinski definition) is 3. The van der Waals surface area contributed by atoms with E-state index in [0.29, 0.717) is 17.9 Å². The van der Waals surface area contributed by atoms with E-state index in [1.54, 1.807) is 19.2 Å². The molecule has 1 atom stereocenters. The second-order valence-corrected chi connectivity index (χ2v) is 5.65. The molecule has 0 unspecified atom stereocenters. The van der Waals surface area contributed by atoms with Crippen molar-refractivity contribution in [2.24, 2.45) is 0 Å². The summed E-state index contributed by atoms with van der Waals surface area (Å²) in [6.45, 7) is 0. The lowest BCUT2D eigenvalue weighted by Crippen LogP contribution is -2.24. The summed E-state index contributed by atoms with van der Waals surface area (Å²) < 4.78 is 5.14. The Balaban J connectivity index is 1.73. The average Bonchev–Trinajstić information content (AvgIpc) is 2.55. The van der Waals surface area contributed by atoms with E-state index in [0.717, 1.165) is 24.1 Å². The van der Waals surface area contributed by atoms with E-state index >= 15 is 0 Å². The fourth-order valence-corrected chi connectivity index (χ4v) is 2.87. The third kappa shape index (κ3) is 3.63. The number of amides is 2. The Morgan fingerprint density at radius 1 is 1.22 bits per heavy atom. The molecule has 0 fully saturated rings. The number of benzene rings is 2. The quantitative estimate of drug-likeness (QED) is 0.815. The molecule has 0 heterocycles. The molecule has 1 aliphatic carbocycles. The third-order valence-electron chi connectivity index (χ3n) is 4.04. The summed E-state index contributed by atoms with van der Waals surface area (Å²) in [6, 6.07) is 12.7. The fourth-order valence-electron chi connectivity index (χ4n) is 2.87. The maximum Gasteiger partial charge on any atom is 0.323 e. The van der Waals surface area contributed by atoms with Crippen molar-refractivity contribution in [1.82, 2.24) is 0 Å². The first-order chi connectivity index (χ1) is 11.2.